The van der Waals surface area contributed by atoms with Crippen LogP contribution in [0.1, 0.15) is 17.4 Å². The van der Waals surface area contributed by atoms with Crippen LogP contribution in [0.5, 0.6) is 0 Å². The second kappa shape index (κ2) is 5.47. The Kier molecular flexibility index (Phi) is 3.74. The lowest BCUT2D eigenvalue weighted by Crippen LogP contribution is -2.05. The Bertz CT molecular complexity index is 598. The number of anilines is 2. The number of halogens is 2. The molecule has 0 aliphatic carbocycles. The van der Waals surface area contributed by atoms with Crippen LogP contribution in [-0.4, -0.2) is 17.6 Å². The highest BCUT2D eigenvalue weighted by Gasteiger charge is 2.13. The normalized spacial score (nSPS) is 10.3. The SMILES string of the molecule is CCOC(=O)c1coc(Nc2ccc(F)c(F)c2)n1. The maximum atomic E-state index is 13.0. The molecule has 100 valence electrons. The lowest BCUT2D eigenvalue weighted by Gasteiger charge is -2.01. The number of benzene rings is 1. The first kappa shape index (κ1) is 13.0. The van der Waals surface area contributed by atoms with Crippen LogP contribution in [-0.2, 0) is 4.74 Å². The third-order valence-electron chi connectivity index (χ3n) is 2.16. The number of oxazole rings is 1. The zero-order valence-corrected chi connectivity index (χ0v) is 9.94. The van der Waals surface area contributed by atoms with Crippen LogP contribution in [0.25, 0.3) is 0 Å². The molecule has 0 unspecified atom stereocenters. The first-order chi connectivity index (χ1) is 9.10. The molecule has 0 amide bonds. The van der Waals surface area contributed by atoms with Crippen molar-refractivity contribution in [3.05, 3.63) is 41.8 Å². The van der Waals surface area contributed by atoms with Crippen molar-refractivity contribution in [2.45, 2.75) is 6.92 Å². The van der Waals surface area contributed by atoms with Crippen molar-refractivity contribution in [2.24, 2.45) is 0 Å². The van der Waals surface area contributed by atoms with E-state index in [-0.39, 0.29) is 24.0 Å². The summed E-state index contributed by atoms with van der Waals surface area (Å²) in [6.07, 6.45) is 1.11. The first-order valence-electron chi connectivity index (χ1n) is 5.45. The summed E-state index contributed by atoms with van der Waals surface area (Å²) in [5.74, 6) is -2.57. The van der Waals surface area contributed by atoms with Crippen LogP contribution in [0.15, 0.2) is 28.9 Å². The van der Waals surface area contributed by atoms with Gasteiger partial charge in [-0.3, -0.25) is 0 Å². The van der Waals surface area contributed by atoms with E-state index in [1.807, 2.05) is 0 Å². The van der Waals surface area contributed by atoms with Crippen LogP contribution >= 0.6 is 0 Å². The summed E-state index contributed by atoms with van der Waals surface area (Å²) in [4.78, 5) is 15.1. The minimum absolute atomic E-state index is 0.00747. The minimum atomic E-state index is -0.998. The van der Waals surface area contributed by atoms with Crippen molar-refractivity contribution in [2.75, 3.05) is 11.9 Å². The molecule has 0 saturated heterocycles. The van der Waals surface area contributed by atoms with Gasteiger partial charge in [0.1, 0.15) is 6.26 Å². The lowest BCUT2D eigenvalue weighted by molar-refractivity contribution is 0.0519. The summed E-state index contributed by atoms with van der Waals surface area (Å²) in [6.45, 7) is 1.88. The van der Waals surface area contributed by atoms with E-state index in [1.54, 1.807) is 6.92 Å². The van der Waals surface area contributed by atoms with E-state index in [0.717, 1.165) is 18.4 Å². The summed E-state index contributed by atoms with van der Waals surface area (Å²) in [5.41, 5.74) is 0.239. The number of hydrogen-bond acceptors (Lipinski definition) is 5. The molecule has 0 saturated carbocycles. The fourth-order valence-corrected chi connectivity index (χ4v) is 1.33. The second-order valence-electron chi connectivity index (χ2n) is 3.51. The van der Waals surface area contributed by atoms with E-state index in [1.165, 1.54) is 6.07 Å². The molecule has 0 fully saturated rings. The summed E-state index contributed by atoms with van der Waals surface area (Å²) in [7, 11) is 0. The van der Waals surface area contributed by atoms with E-state index < -0.39 is 17.6 Å². The molecule has 0 bridgehead atoms. The van der Waals surface area contributed by atoms with Gasteiger partial charge in [0, 0.05) is 11.8 Å². The molecule has 19 heavy (non-hydrogen) atoms. The lowest BCUT2D eigenvalue weighted by atomic mass is 10.3. The standard InChI is InChI=1S/C12H10F2N2O3/c1-2-18-11(17)10-6-19-12(16-10)15-7-3-4-8(13)9(14)5-7/h3-6H,2H2,1H3,(H,15,16). The van der Waals surface area contributed by atoms with Gasteiger partial charge in [0.15, 0.2) is 17.3 Å². The number of nitrogens with one attached hydrogen (secondary N) is 1. The predicted molar refractivity (Wildman–Crippen MR) is 62.1 cm³/mol. The van der Waals surface area contributed by atoms with E-state index in [4.69, 9.17) is 9.15 Å². The summed E-state index contributed by atoms with van der Waals surface area (Å²) in [5, 5.41) is 2.60. The van der Waals surface area contributed by atoms with Crippen LogP contribution < -0.4 is 5.32 Å². The number of nitrogens with zero attached hydrogens (tertiary/aromatic N) is 1. The molecule has 1 aromatic carbocycles. The van der Waals surface area contributed by atoms with E-state index in [9.17, 15) is 13.6 Å². The average molecular weight is 268 g/mol. The molecular formula is C12H10F2N2O3. The van der Waals surface area contributed by atoms with Gasteiger partial charge < -0.3 is 14.5 Å². The highest BCUT2D eigenvalue weighted by atomic mass is 19.2. The summed E-state index contributed by atoms with van der Waals surface area (Å²) >= 11 is 0. The molecule has 1 N–H and O–H groups in total. The van der Waals surface area contributed by atoms with Crippen LogP contribution in [0.2, 0.25) is 0 Å². The molecule has 5 nitrogen and oxygen atoms in total. The van der Waals surface area contributed by atoms with Gasteiger partial charge in [-0.1, -0.05) is 0 Å². The second-order valence-corrected chi connectivity index (χ2v) is 3.51. The quantitative estimate of drug-likeness (QED) is 0.864. The highest BCUT2D eigenvalue weighted by molar-refractivity contribution is 5.87. The molecule has 1 heterocycles. The van der Waals surface area contributed by atoms with Crippen LogP contribution in [0.4, 0.5) is 20.5 Å². The smallest absolute Gasteiger partial charge is 0.360 e. The maximum Gasteiger partial charge on any atom is 0.360 e. The number of hydrogen-bond donors (Lipinski definition) is 1. The van der Waals surface area contributed by atoms with Crippen molar-refractivity contribution in [1.82, 2.24) is 4.98 Å². The van der Waals surface area contributed by atoms with Crippen molar-refractivity contribution in [1.29, 1.82) is 0 Å². The van der Waals surface area contributed by atoms with Crippen molar-refractivity contribution in [3.63, 3.8) is 0 Å². The zero-order valence-electron chi connectivity index (χ0n) is 9.94. The van der Waals surface area contributed by atoms with Gasteiger partial charge in [-0.15, -0.1) is 0 Å². The molecular weight excluding hydrogens is 258 g/mol. The topological polar surface area (TPSA) is 64.4 Å². The van der Waals surface area contributed by atoms with E-state index >= 15 is 0 Å². The Labute approximate surface area is 107 Å². The van der Waals surface area contributed by atoms with Gasteiger partial charge in [0.2, 0.25) is 0 Å². The number of carbonyl (C=O) groups excluding carboxylic acids is 1. The molecule has 0 radical (unpaired) electrons. The summed E-state index contributed by atoms with van der Waals surface area (Å²) in [6, 6.07) is 3.21. The van der Waals surface area contributed by atoms with Gasteiger partial charge in [-0.25, -0.2) is 13.6 Å². The monoisotopic (exact) mass is 268 g/mol. The average Bonchev–Trinajstić information content (AvgIpc) is 2.83. The highest BCUT2D eigenvalue weighted by Crippen LogP contribution is 2.18. The van der Waals surface area contributed by atoms with Crippen LogP contribution in [0, 0.1) is 11.6 Å². The molecule has 0 atom stereocenters. The first-order valence-corrected chi connectivity index (χ1v) is 5.45. The molecule has 0 spiro atoms. The van der Waals surface area contributed by atoms with Crippen molar-refractivity contribution < 1.29 is 22.7 Å². The van der Waals surface area contributed by atoms with E-state index in [0.29, 0.717) is 0 Å². The molecule has 0 aliphatic heterocycles. The number of carbonyl (C=O) groups is 1. The third-order valence-corrected chi connectivity index (χ3v) is 2.16. The van der Waals surface area contributed by atoms with Gasteiger partial charge in [0.05, 0.1) is 6.61 Å². The Hall–Kier alpha value is -2.44. The number of esters is 1. The molecule has 7 heteroatoms. The number of ether oxygens (including phenoxy) is 1. The Morgan fingerprint density at radius 1 is 1.42 bits per heavy atom. The minimum Gasteiger partial charge on any atom is -0.461 e. The van der Waals surface area contributed by atoms with Gasteiger partial charge in [0.25, 0.3) is 6.01 Å². The number of aromatic nitrogens is 1. The Morgan fingerprint density at radius 3 is 2.89 bits per heavy atom. The molecule has 2 rings (SSSR count). The van der Waals surface area contributed by atoms with Crippen molar-refractivity contribution in [3.8, 4) is 0 Å². The Morgan fingerprint density at radius 2 is 2.21 bits per heavy atom. The Balaban J connectivity index is 2.11. The zero-order chi connectivity index (χ0) is 13.8. The van der Waals surface area contributed by atoms with Gasteiger partial charge in [-0.05, 0) is 19.1 Å². The molecule has 1 aromatic heterocycles. The predicted octanol–water partition coefficient (Wildman–Crippen LogP) is 2.87. The fraction of sp³-hybridized carbons (Fsp3) is 0.167. The fourth-order valence-electron chi connectivity index (χ4n) is 1.33. The maximum absolute atomic E-state index is 13.0. The van der Waals surface area contributed by atoms with Gasteiger partial charge in [-0.2, -0.15) is 4.98 Å². The summed E-state index contributed by atoms with van der Waals surface area (Å²) < 4.78 is 35.4. The number of rotatable bonds is 4. The largest absolute Gasteiger partial charge is 0.461 e. The van der Waals surface area contributed by atoms with E-state index in [2.05, 4.69) is 10.3 Å². The molecule has 0 aliphatic rings. The third kappa shape index (κ3) is 3.06. The van der Waals surface area contributed by atoms with Gasteiger partial charge >= 0.3 is 5.97 Å². The van der Waals surface area contributed by atoms with Crippen molar-refractivity contribution >= 4 is 17.7 Å². The van der Waals surface area contributed by atoms with Crippen LogP contribution in [0.3, 0.4) is 0 Å². The molecule has 2 aromatic rings.